The van der Waals surface area contributed by atoms with Gasteiger partial charge in [0.25, 0.3) is 0 Å². The molecule has 0 unspecified atom stereocenters. The molecule has 1 saturated heterocycles. The SMILES string of the molecule is C#CCN=C(N)N1CCN(c2ccccc2F)CC1.I. The summed E-state index contributed by atoms with van der Waals surface area (Å²) >= 11 is 0. The van der Waals surface area contributed by atoms with Gasteiger partial charge < -0.3 is 15.5 Å². The summed E-state index contributed by atoms with van der Waals surface area (Å²) in [5, 5.41) is 0. The third-order valence-corrected chi connectivity index (χ3v) is 3.13. The fraction of sp³-hybridized carbons (Fsp3) is 0.357. The molecule has 0 amide bonds. The highest BCUT2D eigenvalue weighted by molar-refractivity contribution is 14.0. The number of hydrogen-bond donors (Lipinski definition) is 1. The number of hydrogen-bond acceptors (Lipinski definition) is 2. The van der Waals surface area contributed by atoms with Gasteiger partial charge in [0.2, 0.25) is 0 Å². The van der Waals surface area contributed by atoms with Crippen LogP contribution in [0.5, 0.6) is 0 Å². The van der Waals surface area contributed by atoms with E-state index in [1.54, 1.807) is 12.1 Å². The van der Waals surface area contributed by atoms with Crippen molar-refractivity contribution in [3.63, 3.8) is 0 Å². The zero-order valence-corrected chi connectivity index (χ0v) is 13.5. The van der Waals surface area contributed by atoms with Gasteiger partial charge in [0.05, 0.1) is 5.69 Å². The maximum Gasteiger partial charge on any atom is 0.192 e. The molecule has 1 aromatic carbocycles. The van der Waals surface area contributed by atoms with Crippen molar-refractivity contribution < 1.29 is 4.39 Å². The first-order valence-corrected chi connectivity index (χ1v) is 6.20. The number of terminal acetylenes is 1. The minimum atomic E-state index is -0.190. The first kappa shape index (κ1) is 16.6. The third kappa shape index (κ3) is 4.00. The van der Waals surface area contributed by atoms with E-state index >= 15 is 0 Å². The highest BCUT2D eigenvalue weighted by Crippen LogP contribution is 2.19. The van der Waals surface area contributed by atoms with Crippen LogP contribution >= 0.6 is 24.0 Å². The summed E-state index contributed by atoms with van der Waals surface area (Å²) in [5.74, 6) is 2.70. The van der Waals surface area contributed by atoms with Gasteiger partial charge in [0.1, 0.15) is 12.4 Å². The van der Waals surface area contributed by atoms with Gasteiger partial charge in [0, 0.05) is 26.2 Å². The number of para-hydroxylation sites is 1. The molecule has 1 aliphatic heterocycles. The number of halogens is 2. The summed E-state index contributed by atoms with van der Waals surface area (Å²) in [6.45, 7) is 3.16. The van der Waals surface area contributed by atoms with E-state index in [0.717, 1.165) is 0 Å². The van der Waals surface area contributed by atoms with Crippen molar-refractivity contribution in [1.82, 2.24) is 4.90 Å². The molecule has 0 bridgehead atoms. The van der Waals surface area contributed by atoms with Gasteiger partial charge in [-0.25, -0.2) is 9.38 Å². The fourth-order valence-corrected chi connectivity index (χ4v) is 2.11. The molecule has 1 fully saturated rings. The number of guanidine groups is 1. The van der Waals surface area contributed by atoms with Crippen LogP contribution in [0.1, 0.15) is 0 Å². The average molecular weight is 388 g/mol. The van der Waals surface area contributed by atoms with Crippen LogP contribution in [0.3, 0.4) is 0 Å². The van der Waals surface area contributed by atoms with E-state index in [4.69, 9.17) is 12.2 Å². The Morgan fingerprint density at radius 2 is 1.95 bits per heavy atom. The smallest absolute Gasteiger partial charge is 0.192 e. The van der Waals surface area contributed by atoms with Crippen molar-refractivity contribution in [1.29, 1.82) is 0 Å². The van der Waals surface area contributed by atoms with Crippen LogP contribution in [0.25, 0.3) is 0 Å². The fourth-order valence-electron chi connectivity index (χ4n) is 2.11. The number of rotatable bonds is 2. The molecule has 0 aromatic heterocycles. The molecular formula is C14H18FIN4. The molecule has 2 N–H and O–H groups in total. The summed E-state index contributed by atoms with van der Waals surface area (Å²) in [6.07, 6.45) is 5.14. The standard InChI is InChI=1S/C14H17FN4.HI/c1-2-7-17-14(16)19-10-8-18(9-11-19)13-6-4-3-5-12(13)15;/h1,3-6H,7-11H2,(H2,16,17);1H. The lowest BCUT2D eigenvalue weighted by atomic mass is 10.2. The molecule has 108 valence electrons. The van der Waals surface area contributed by atoms with Gasteiger partial charge in [-0.2, -0.15) is 0 Å². The van der Waals surface area contributed by atoms with Crippen molar-refractivity contribution in [3.05, 3.63) is 30.1 Å². The van der Waals surface area contributed by atoms with Gasteiger partial charge in [-0.3, -0.25) is 0 Å². The molecule has 4 nitrogen and oxygen atoms in total. The molecule has 0 aliphatic carbocycles. The molecule has 1 aromatic rings. The van der Waals surface area contributed by atoms with E-state index in [2.05, 4.69) is 10.9 Å². The molecule has 2 rings (SSSR count). The second-order valence-electron chi connectivity index (χ2n) is 4.30. The molecule has 6 heteroatoms. The van der Waals surface area contributed by atoms with Crippen molar-refractivity contribution >= 4 is 35.6 Å². The first-order chi connectivity index (χ1) is 9.22. The normalized spacial score (nSPS) is 15.5. The molecule has 1 aliphatic rings. The summed E-state index contributed by atoms with van der Waals surface area (Å²) in [6, 6.07) is 6.80. The Bertz CT molecular complexity index is 504. The van der Waals surface area contributed by atoms with Crippen LogP contribution in [-0.2, 0) is 0 Å². The monoisotopic (exact) mass is 388 g/mol. The Kier molecular flexibility index (Phi) is 6.58. The van der Waals surface area contributed by atoms with Crippen molar-refractivity contribution in [2.24, 2.45) is 10.7 Å². The predicted octanol–water partition coefficient (Wildman–Crippen LogP) is 1.51. The Labute approximate surface area is 135 Å². The maximum absolute atomic E-state index is 13.7. The third-order valence-electron chi connectivity index (χ3n) is 3.13. The van der Waals surface area contributed by atoms with E-state index in [1.807, 2.05) is 15.9 Å². The second-order valence-corrected chi connectivity index (χ2v) is 4.30. The van der Waals surface area contributed by atoms with E-state index in [-0.39, 0.29) is 29.8 Å². The Balaban J connectivity index is 0.00000200. The van der Waals surface area contributed by atoms with Gasteiger partial charge in [-0.1, -0.05) is 18.1 Å². The lowest BCUT2D eigenvalue weighted by Crippen LogP contribution is -2.51. The minimum absolute atomic E-state index is 0. The van der Waals surface area contributed by atoms with Crippen LogP contribution < -0.4 is 10.6 Å². The van der Waals surface area contributed by atoms with Crippen molar-refractivity contribution in [3.8, 4) is 12.3 Å². The van der Waals surface area contributed by atoms with Gasteiger partial charge in [-0.15, -0.1) is 30.4 Å². The summed E-state index contributed by atoms with van der Waals surface area (Å²) < 4.78 is 13.7. The molecule has 1 heterocycles. The quantitative estimate of drug-likeness (QED) is 0.362. The summed E-state index contributed by atoms with van der Waals surface area (Å²) in [4.78, 5) is 8.05. The summed E-state index contributed by atoms with van der Waals surface area (Å²) in [5.41, 5.74) is 6.48. The molecule has 20 heavy (non-hydrogen) atoms. The van der Waals surface area contributed by atoms with Crippen LogP contribution in [0, 0.1) is 18.2 Å². The number of nitrogens with two attached hydrogens (primary N) is 1. The van der Waals surface area contributed by atoms with Crippen LogP contribution in [0.2, 0.25) is 0 Å². The minimum Gasteiger partial charge on any atom is -0.370 e. The predicted molar refractivity (Wildman–Crippen MR) is 90.9 cm³/mol. The summed E-state index contributed by atoms with van der Waals surface area (Å²) in [7, 11) is 0. The molecular weight excluding hydrogens is 370 g/mol. The van der Waals surface area contributed by atoms with Crippen LogP contribution in [0.15, 0.2) is 29.3 Å². The Hall–Kier alpha value is -1.49. The largest absolute Gasteiger partial charge is 0.370 e. The van der Waals surface area contributed by atoms with E-state index in [9.17, 15) is 4.39 Å². The van der Waals surface area contributed by atoms with E-state index in [1.165, 1.54) is 6.07 Å². The number of anilines is 1. The van der Waals surface area contributed by atoms with Gasteiger partial charge in [0.15, 0.2) is 5.96 Å². The highest BCUT2D eigenvalue weighted by atomic mass is 127. The number of nitrogens with zero attached hydrogens (tertiary/aromatic N) is 3. The van der Waals surface area contributed by atoms with E-state index < -0.39 is 0 Å². The van der Waals surface area contributed by atoms with Crippen LogP contribution in [0.4, 0.5) is 10.1 Å². The number of aliphatic imine (C=N–C) groups is 1. The second kappa shape index (κ2) is 7.94. The lowest BCUT2D eigenvalue weighted by Gasteiger charge is -2.36. The van der Waals surface area contributed by atoms with Gasteiger partial charge >= 0.3 is 0 Å². The number of benzene rings is 1. The Morgan fingerprint density at radius 1 is 1.30 bits per heavy atom. The molecule has 0 spiro atoms. The van der Waals surface area contributed by atoms with Crippen molar-refractivity contribution in [2.75, 3.05) is 37.6 Å². The van der Waals surface area contributed by atoms with E-state index in [0.29, 0.717) is 44.4 Å². The zero-order chi connectivity index (χ0) is 13.7. The zero-order valence-electron chi connectivity index (χ0n) is 11.1. The molecule has 0 radical (unpaired) electrons. The van der Waals surface area contributed by atoms with Crippen molar-refractivity contribution in [2.45, 2.75) is 0 Å². The lowest BCUT2D eigenvalue weighted by molar-refractivity contribution is 0.379. The van der Waals surface area contributed by atoms with Gasteiger partial charge in [-0.05, 0) is 12.1 Å². The van der Waals surface area contributed by atoms with Crippen LogP contribution in [-0.4, -0.2) is 43.6 Å². The molecule has 0 saturated carbocycles. The highest BCUT2D eigenvalue weighted by Gasteiger charge is 2.20. The maximum atomic E-state index is 13.7. The Morgan fingerprint density at radius 3 is 2.55 bits per heavy atom. The molecule has 0 atom stereocenters. The number of piperazine rings is 1. The average Bonchev–Trinajstić information content (AvgIpc) is 2.45. The first-order valence-electron chi connectivity index (χ1n) is 6.20. The topological polar surface area (TPSA) is 44.9 Å².